The molecule has 1 N–H and O–H groups in total. The molecule has 2 heterocycles. The molecule has 39 heavy (non-hydrogen) atoms. The smallest absolute Gasteiger partial charge is 0.339 e. The van der Waals surface area contributed by atoms with Crippen molar-refractivity contribution < 1.29 is 14.6 Å². The molecule has 1 fully saturated rings. The zero-order valence-corrected chi connectivity index (χ0v) is 22.4. The molecule has 4 aromatic rings. The summed E-state index contributed by atoms with van der Waals surface area (Å²) in [5.74, 6) is 0.474. The third-order valence-corrected chi connectivity index (χ3v) is 7.93. The third kappa shape index (κ3) is 5.24. The molecule has 2 aromatic heterocycles. The Morgan fingerprint density at radius 2 is 1.77 bits per heavy atom. The number of carbonyl (C=O) groups is 1. The first-order valence-electron chi connectivity index (χ1n) is 13.8. The molecule has 0 bridgehead atoms. The van der Waals surface area contributed by atoms with Crippen LogP contribution >= 0.6 is 0 Å². The maximum atomic E-state index is 12.1. The molecule has 0 radical (unpaired) electrons. The lowest BCUT2D eigenvalue weighted by molar-refractivity contribution is 0.0696. The Bertz CT molecular complexity index is 1540. The molecule has 200 valence electrons. The van der Waals surface area contributed by atoms with Crippen LogP contribution in [-0.2, 0) is 7.05 Å². The van der Waals surface area contributed by atoms with Gasteiger partial charge in [0.15, 0.2) is 0 Å². The lowest BCUT2D eigenvalue weighted by atomic mass is 9.95. The van der Waals surface area contributed by atoms with Crippen LogP contribution in [-0.4, -0.2) is 42.0 Å². The number of rotatable bonds is 8. The first-order chi connectivity index (χ1) is 19.0. The van der Waals surface area contributed by atoms with E-state index in [2.05, 4.69) is 40.5 Å². The Morgan fingerprint density at radius 3 is 2.49 bits per heavy atom. The van der Waals surface area contributed by atoms with Crippen molar-refractivity contribution in [1.29, 1.82) is 0 Å². The van der Waals surface area contributed by atoms with Crippen molar-refractivity contribution >= 4 is 17.1 Å². The number of carboxylic acids is 1. The van der Waals surface area contributed by atoms with E-state index in [-0.39, 0.29) is 11.7 Å². The molecule has 0 saturated heterocycles. The Kier molecular flexibility index (Phi) is 6.77. The van der Waals surface area contributed by atoms with Gasteiger partial charge in [-0.15, -0.1) is 5.10 Å². The second-order valence-corrected chi connectivity index (χ2v) is 10.7. The first-order valence-corrected chi connectivity index (χ1v) is 13.8. The van der Waals surface area contributed by atoms with Gasteiger partial charge >= 0.3 is 5.97 Å². The van der Waals surface area contributed by atoms with Crippen LogP contribution in [0.5, 0.6) is 5.75 Å². The summed E-state index contributed by atoms with van der Waals surface area (Å²) in [4.78, 5) is 12.1. The summed E-state index contributed by atoms with van der Waals surface area (Å²) in [6.45, 7) is 2.20. The monoisotopic (exact) mass is 523 g/mol. The molecule has 1 unspecified atom stereocenters. The molecule has 0 amide bonds. The second kappa shape index (κ2) is 10.5. The minimum absolute atomic E-state index is 0.178. The topological polar surface area (TPSA) is 95.1 Å². The van der Waals surface area contributed by atoms with Crippen LogP contribution in [0.4, 0.5) is 0 Å². The molecule has 0 spiro atoms. The number of aromatic nitrogens is 5. The number of hydrogen-bond donors (Lipinski definition) is 1. The van der Waals surface area contributed by atoms with Gasteiger partial charge in [0.25, 0.3) is 0 Å². The number of hydrogen-bond acceptors (Lipinski definition) is 5. The minimum Gasteiger partial charge on any atom is -0.490 e. The van der Waals surface area contributed by atoms with Crippen LogP contribution in [0.15, 0.2) is 60.9 Å². The van der Waals surface area contributed by atoms with Crippen molar-refractivity contribution in [1.82, 2.24) is 24.8 Å². The van der Waals surface area contributed by atoms with Gasteiger partial charge in [0.05, 0.1) is 29.9 Å². The van der Waals surface area contributed by atoms with E-state index in [4.69, 9.17) is 4.74 Å². The van der Waals surface area contributed by atoms with Gasteiger partial charge < -0.3 is 9.84 Å². The van der Waals surface area contributed by atoms with E-state index in [0.29, 0.717) is 18.0 Å². The number of aromatic carboxylic acids is 1. The second-order valence-electron chi connectivity index (χ2n) is 10.7. The number of carboxylic acid groups (broad SMARTS) is 1. The molecule has 2 aromatic carbocycles. The zero-order valence-electron chi connectivity index (χ0n) is 22.4. The first kappa shape index (κ1) is 25.1. The van der Waals surface area contributed by atoms with Crippen molar-refractivity contribution in [3.05, 3.63) is 77.9 Å². The molecule has 2 aliphatic rings. The Hall–Kier alpha value is -4.20. The summed E-state index contributed by atoms with van der Waals surface area (Å²) in [5.41, 5.74) is 6.31. The van der Waals surface area contributed by atoms with E-state index >= 15 is 0 Å². The fourth-order valence-electron chi connectivity index (χ4n) is 5.74. The predicted molar refractivity (Wildman–Crippen MR) is 150 cm³/mol. The number of ether oxygens (including phenoxy) is 1. The number of aryl methyl sites for hydroxylation is 1. The largest absolute Gasteiger partial charge is 0.490 e. The summed E-state index contributed by atoms with van der Waals surface area (Å²) >= 11 is 0. The van der Waals surface area contributed by atoms with E-state index in [1.54, 1.807) is 9.36 Å². The fourth-order valence-corrected chi connectivity index (χ4v) is 5.74. The molecule has 8 nitrogen and oxygen atoms in total. The van der Waals surface area contributed by atoms with Gasteiger partial charge in [-0.05, 0) is 72.2 Å². The van der Waals surface area contributed by atoms with E-state index in [1.165, 1.54) is 44.7 Å². The maximum absolute atomic E-state index is 12.1. The van der Waals surface area contributed by atoms with Crippen LogP contribution in [0.1, 0.15) is 73.6 Å². The van der Waals surface area contributed by atoms with Crippen molar-refractivity contribution in [3.63, 3.8) is 0 Å². The minimum atomic E-state index is -1.00. The Labute approximate surface area is 227 Å². The van der Waals surface area contributed by atoms with E-state index in [1.807, 2.05) is 43.6 Å². The SMILES string of the molecule is CC(Oc1cccc(-c2cccc(-n3ncc(C(=O)O)c3C3=C(c4cn(C)nn4)C3)c2)c1)C1CCCCCC1. The zero-order chi connectivity index (χ0) is 26.9. The lowest BCUT2D eigenvalue weighted by Crippen LogP contribution is -2.23. The summed E-state index contributed by atoms with van der Waals surface area (Å²) in [6, 6.07) is 16.2. The molecule has 6 rings (SSSR count). The third-order valence-electron chi connectivity index (χ3n) is 7.93. The van der Waals surface area contributed by atoms with Gasteiger partial charge in [0.2, 0.25) is 0 Å². The summed E-state index contributed by atoms with van der Waals surface area (Å²) in [7, 11) is 1.81. The Balaban J connectivity index is 1.29. The average Bonchev–Trinajstić information content (AvgIpc) is 3.52. The van der Waals surface area contributed by atoms with Crippen molar-refractivity contribution in [2.24, 2.45) is 13.0 Å². The number of nitrogens with zero attached hydrogens (tertiary/aromatic N) is 5. The van der Waals surface area contributed by atoms with E-state index < -0.39 is 5.97 Å². The highest BCUT2D eigenvalue weighted by molar-refractivity contribution is 6.10. The number of allylic oxidation sites excluding steroid dienone is 2. The lowest BCUT2D eigenvalue weighted by Gasteiger charge is -2.24. The van der Waals surface area contributed by atoms with Crippen molar-refractivity contribution in [2.75, 3.05) is 0 Å². The predicted octanol–water partition coefficient (Wildman–Crippen LogP) is 6.42. The van der Waals surface area contributed by atoms with Gasteiger partial charge in [-0.3, -0.25) is 4.68 Å². The summed E-state index contributed by atoms with van der Waals surface area (Å²) in [5, 5.41) is 22.6. The average molecular weight is 524 g/mol. The highest BCUT2D eigenvalue weighted by Gasteiger charge is 2.33. The summed E-state index contributed by atoms with van der Waals surface area (Å²) in [6.07, 6.45) is 11.8. The molecule has 0 aliphatic heterocycles. The normalized spacial score (nSPS) is 16.7. The Morgan fingerprint density at radius 1 is 1.03 bits per heavy atom. The quantitative estimate of drug-likeness (QED) is 0.268. The highest BCUT2D eigenvalue weighted by Crippen LogP contribution is 2.47. The van der Waals surface area contributed by atoms with Crippen LogP contribution < -0.4 is 4.74 Å². The standard InChI is InChI=1S/C31H33N5O3/c1-20(21-9-5-3-4-6-10-21)39-25-14-8-12-23(16-25)22-11-7-13-24(15-22)36-30(28(18-32-36)31(37)38)27-17-26(27)29-19-35(2)34-33-29/h7-8,11-16,18-21H,3-6,9-10,17H2,1-2H3,(H,37,38). The molecule has 1 atom stereocenters. The highest BCUT2D eigenvalue weighted by atomic mass is 16.5. The van der Waals surface area contributed by atoms with Gasteiger partial charge in [-0.1, -0.05) is 55.2 Å². The van der Waals surface area contributed by atoms with Gasteiger partial charge in [-0.2, -0.15) is 5.10 Å². The van der Waals surface area contributed by atoms with Gasteiger partial charge in [0, 0.05) is 13.5 Å². The van der Waals surface area contributed by atoms with E-state index in [0.717, 1.165) is 39.4 Å². The maximum Gasteiger partial charge on any atom is 0.339 e. The van der Waals surface area contributed by atoms with Crippen LogP contribution in [0.3, 0.4) is 0 Å². The van der Waals surface area contributed by atoms with Crippen molar-refractivity contribution in [2.45, 2.75) is 58.0 Å². The van der Waals surface area contributed by atoms with Crippen LogP contribution in [0, 0.1) is 5.92 Å². The molecule has 2 aliphatic carbocycles. The van der Waals surface area contributed by atoms with Crippen LogP contribution in [0.25, 0.3) is 28.0 Å². The van der Waals surface area contributed by atoms with Gasteiger partial charge in [-0.25, -0.2) is 9.48 Å². The fraction of sp³-hybridized carbons (Fsp3) is 0.355. The number of benzene rings is 2. The van der Waals surface area contributed by atoms with Crippen LogP contribution in [0.2, 0.25) is 0 Å². The van der Waals surface area contributed by atoms with Crippen molar-refractivity contribution in [3.8, 4) is 22.6 Å². The molecule has 8 heteroatoms. The molecular formula is C31H33N5O3. The molecule has 1 saturated carbocycles. The molecular weight excluding hydrogens is 490 g/mol. The summed E-state index contributed by atoms with van der Waals surface area (Å²) < 4.78 is 9.80. The van der Waals surface area contributed by atoms with E-state index in [9.17, 15) is 9.90 Å². The van der Waals surface area contributed by atoms with Gasteiger partial charge in [0.1, 0.15) is 17.0 Å².